The summed E-state index contributed by atoms with van der Waals surface area (Å²) >= 11 is 0. The highest BCUT2D eigenvalue weighted by Gasteiger charge is 2.18. The highest BCUT2D eigenvalue weighted by molar-refractivity contribution is 5.26. The molecule has 0 radical (unpaired) electrons. The molecular weight excluding hydrogens is 220 g/mol. The fourth-order valence-electron chi connectivity index (χ4n) is 2.79. The van der Waals surface area contributed by atoms with Crippen LogP contribution in [-0.2, 0) is 6.42 Å². The molecule has 2 N–H and O–H groups in total. The SMILES string of the molecule is CC(N)CCc1ccc(C2CCCN(C)C2)cc1. The van der Waals surface area contributed by atoms with Gasteiger partial charge in [0.05, 0.1) is 0 Å². The second kappa shape index (κ2) is 6.35. The van der Waals surface area contributed by atoms with Gasteiger partial charge >= 0.3 is 0 Å². The molecule has 2 heteroatoms. The topological polar surface area (TPSA) is 29.3 Å². The molecule has 1 heterocycles. The molecule has 0 bridgehead atoms. The third-order valence-corrected chi connectivity index (χ3v) is 3.96. The van der Waals surface area contributed by atoms with Crippen molar-refractivity contribution in [3.05, 3.63) is 35.4 Å². The summed E-state index contributed by atoms with van der Waals surface area (Å²) in [5.41, 5.74) is 8.72. The number of piperidine rings is 1. The van der Waals surface area contributed by atoms with Crippen molar-refractivity contribution in [2.24, 2.45) is 5.73 Å². The molecular formula is C16H26N2. The van der Waals surface area contributed by atoms with Crippen LogP contribution in [0.2, 0.25) is 0 Å². The Morgan fingerprint density at radius 1 is 1.33 bits per heavy atom. The van der Waals surface area contributed by atoms with Crippen molar-refractivity contribution in [3.8, 4) is 0 Å². The van der Waals surface area contributed by atoms with Gasteiger partial charge in [-0.15, -0.1) is 0 Å². The number of aryl methyl sites for hydroxylation is 1. The van der Waals surface area contributed by atoms with Crippen LogP contribution in [-0.4, -0.2) is 31.1 Å². The van der Waals surface area contributed by atoms with Crippen molar-refractivity contribution in [2.45, 2.75) is 44.6 Å². The van der Waals surface area contributed by atoms with Crippen LogP contribution >= 0.6 is 0 Å². The van der Waals surface area contributed by atoms with E-state index in [0.717, 1.165) is 18.8 Å². The highest BCUT2D eigenvalue weighted by atomic mass is 15.1. The van der Waals surface area contributed by atoms with Crippen molar-refractivity contribution in [1.82, 2.24) is 4.90 Å². The lowest BCUT2D eigenvalue weighted by Gasteiger charge is -2.30. The molecule has 18 heavy (non-hydrogen) atoms. The molecule has 2 nitrogen and oxygen atoms in total. The van der Waals surface area contributed by atoms with Gasteiger partial charge in [0.25, 0.3) is 0 Å². The van der Waals surface area contributed by atoms with Crippen LogP contribution in [0.3, 0.4) is 0 Å². The smallest absolute Gasteiger partial charge is 0.00472 e. The molecule has 1 fully saturated rings. The number of hydrogen-bond donors (Lipinski definition) is 1. The maximum absolute atomic E-state index is 5.80. The van der Waals surface area contributed by atoms with E-state index in [9.17, 15) is 0 Å². The second-order valence-electron chi connectivity index (χ2n) is 5.86. The molecule has 2 atom stereocenters. The summed E-state index contributed by atoms with van der Waals surface area (Å²) in [6.45, 7) is 4.54. The van der Waals surface area contributed by atoms with E-state index in [4.69, 9.17) is 5.73 Å². The van der Waals surface area contributed by atoms with Gasteiger partial charge in [0, 0.05) is 12.6 Å². The Bertz CT molecular complexity index is 356. The van der Waals surface area contributed by atoms with Gasteiger partial charge in [-0.25, -0.2) is 0 Å². The molecule has 1 aliphatic heterocycles. The number of nitrogens with zero attached hydrogens (tertiary/aromatic N) is 1. The molecule has 0 spiro atoms. The van der Waals surface area contributed by atoms with E-state index in [1.54, 1.807) is 0 Å². The quantitative estimate of drug-likeness (QED) is 0.885. The largest absolute Gasteiger partial charge is 0.328 e. The Labute approximate surface area is 111 Å². The zero-order valence-corrected chi connectivity index (χ0v) is 11.7. The van der Waals surface area contributed by atoms with Crippen molar-refractivity contribution < 1.29 is 0 Å². The van der Waals surface area contributed by atoms with Gasteiger partial charge in [0.15, 0.2) is 0 Å². The van der Waals surface area contributed by atoms with Crippen LogP contribution in [0.5, 0.6) is 0 Å². The highest BCUT2D eigenvalue weighted by Crippen LogP contribution is 2.26. The monoisotopic (exact) mass is 246 g/mol. The minimum atomic E-state index is 0.302. The van der Waals surface area contributed by atoms with Gasteiger partial charge < -0.3 is 10.6 Å². The number of hydrogen-bond acceptors (Lipinski definition) is 2. The van der Waals surface area contributed by atoms with Gasteiger partial charge in [0.2, 0.25) is 0 Å². The van der Waals surface area contributed by atoms with Crippen LogP contribution in [0.4, 0.5) is 0 Å². The Morgan fingerprint density at radius 2 is 2.06 bits per heavy atom. The predicted molar refractivity (Wildman–Crippen MR) is 77.9 cm³/mol. The molecule has 1 saturated heterocycles. The fourth-order valence-corrected chi connectivity index (χ4v) is 2.79. The second-order valence-corrected chi connectivity index (χ2v) is 5.86. The van der Waals surface area contributed by atoms with Gasteiger partial charge in [0.1, 0.15) is 0 Å². The van der Waals surface area contributed by atoms with Crippen LogP contribution in [0.1, 0.15) is 43.2 Å². The standard InChI is InChI=1S/C16H26N2/c1-13(17)5-6-14-7-9-15(10-8-14)16-4-3-11-18(2)12-16/h7-10,13,16H,3-6,11-12,17H2,1-2H3. The van der Waals surface area contributed by atoms with Crippen LogP contribution in [0.25, 0.3) is 0 Å². The van der Waals surface area contributed by atoms with E-state index in [1.807, 2.05) is 0 Å². The van der Waals surface area contributed by atoms with Crippen molar-refractivity contribution in [3.63, 3.8) is 0 Å². The summed E-state index contributed by atoms with van der Waals surface area (Å²) in [5, 5.41) is 0. The number of likely N-dealkylation sites (tertiary alicyclic amines) is 1. The molecule has 0 amide bonds. The van der Waals surface area contributed by atoms with E-state index in [0.29, 0.717) is 6.04 Å². The number of nitrogens with two attached hydrogens (primary N) is 1. The Hall–Kier alpha value is -0.860. The van der Waals surface area contributed by atoms with Gasteiger partial charge in [-0.1, -0.05) is 24.3 Å². The summed E-state index contributed by atoms with van der Waals surface area (Å²) in [4.78, 5) is 2.44. The maximum Gasteiger partial charge on any atom is 0.00472 e. The summed E-state index contributed by atoms with van der Waals surface area (Å²) in [7, 11) is 2.23. The fraction of sp³-hybridized carbons (Fsp3) is 0.625. The van der Waals surface area contributed by atoms with Gasteiger partial charge in [-0.3, -0.25) is 0 Å². The van der Waals surface area contributed by atoms with Crippen LogP contribution in [0.15, 0.2) is 24.3 Å². The van der Waals surface area contributed by atoms with Crippen molar-refractivity contribution in [1.29, 1.82) is 0 Å². The molecule has 100 valence electrons. The Kier molecular flexibility index (Phi) is 4.79. The number of benzene rings is 1. The summed E-state index contributed by atoms with van der Waals surface area (Å²) < 4.78 is 0. The number of likely N-dealkylation sites (N-methyl/N-ethyl adjacent to an activating group) is 1. The Balaban J connectivity index is 1.94. The first-order valence-electron chi connectivity index (χ1n) is 7.18. The first-order chi connectivity index (χ1) is 8.65. The van der Waals surface area contributed by atoms with E-state index >= 15 is 0 Å². The first kappa shape index (κ1) is 13.6. The predicted octanol–water partition coefficient (Wildman–Crippen LogP) is 2.78. The molecule has 1 aliphatic rings. The lowest BCUT2D eigenvalue weighted by molar-refractivity contribution is 0.251. The van der Waals surface area contributed by atoms with E-state index < -0.39 is 0 Å². The van der Waals surface area contributed by atoms with E-state index in [1.165, 1.54) is 37.1 Å². The maximum atomic E-state index is 5.80. The number of rotatable bonds is 4. The lowest BCUT2D eigenvalue weighted by atomic mass is 9.90. The minimum absolute atomic E-state index is 0.302. The van der Waals surface area contributed by atoms with Crippen LogP contribution < -0.4 is 5.73 Å². The van der Waals surface area contributed by atoms with Gasteiger partial charge in [-0.05, 0) is 63.2 Å². The molecule has 0 saturated carbocycles. The molecule has 0 aromatic heterocycles. The summed E-state index contributed by atoms with van der Waals surface area (Å²) in [5.74, 6) is 0.728. The first-order valence-corrected chi connectivity index (χ1v) is 7.18. The van der Waals surface area contributed by atoms with Crippen molar-refractivity contribution >= 4 is 0 Å². The molecule has 2 unspecified atom stereocenters. The van der Waals surface area contributed by atoms with Gasteiger partial charge in [-0.2, -0.15) is 0 Å². The van der Waals surface area contributed by atoms with E-state index in [2.05, 4.69) is 43.1 Å². The third-order valence-electron chi connectivity index (χ3n) is 3.96. The molecule has 2 rings (SSSR count). The summed E-state index contributed by atoms with van der Waals surface area (Å²) in [6.07, 6.45) is 4.84. The van der Waals surface area contributed by atoms with Crippen molar-refractivity contribution in [2.75, 3.05) is 20.1 Å². The zero-order chi connectivity index (χ0) is 13.0. The lowest BCUT2D eigenvalue weighted by Crippen LogP contribution is -2.30. The average Bonchev–Trinajstić information content (AvgIpc) is 2.37. The average molecular weight is 246 g/mol. The molecule has 0 aliphatic carbocycles. The molecule has 1 aromatic rings. The van der Waals surface area contributed by atoms with Crippen LogP contribution in [0, 0.1) is 0 Å². The van der Waals surface area contributed by atoms with E-state index in [-0.39, 0.29) is 0 Å². The summed E-state index contributed by atoms with van der Waals surface area (Å²) in [6, 6.07) is 9.51. The molecule has 1 aromatic carbocycles. The minimum Gasteiger partial charge on any atom is -0.328 e. The zero-order valence-electron chi connectivity index (χ0n) is 11.7. The Morgan fingerprint density at radius 3 is 2.67 bits per heavy atom. The third kappa shape index (κ3) is 3.82. The normalized spacial score (nSPS) is 22.9.